The second-order valence-corrected chi connectivity index (χ2v) is 5.22. The summed E-state index contributed by atoms with van der Waals surface area (Å²) in [6.07, 6.45) is 0. The van der Waals surface area contributed by atoms with E-state index in [0.717, 1.165) is 0 Å². The highest BCUT2D eigenvalue weighted by molar-refractivity contribution is 6.30. The van der Waals surface area contributed by atoms with E-state index in [1.807, 2.05) is 0 Å². The fourth-order valence-electron chi connectivity index (χ4n) is 2.32. The highest BCUT2D eigenvalue weighted by Crippen LogP contribution is 2.21. The lowest BCUT2D eigenvalue weighted by molar-refractivity contribution is -0.385. The molecule has 1 atom stereocenters. The van der Waals surface area contributed by atoms with E-state index in [9.17, 15) is 20.1 Å². The van der Waals surface area contributed by atoms with E-state index in [1.54, 1.807) is 30.3 Å². The number of carbonyl (C=O) groups excluding carboxylic acids is 1. The molecule has 1 N–H and O–H groups in total. The van der Waals surface area contributed by atoms with Crippen molar-refractivity contribution in [3.8, 4) is 0 Å². The molecule has 116 valence electrons. The molecule has 0 saturated heterocycles. The number of nitro benzene ring substituents is 1. The Hall–Kier alpha value is -2.77. The SMILES string of the molecule is O=C1N=c2ccc([N+](=O)[O-])cc2=C(c2ccccc2)N(O)C1Cl. The Morgan fingerprint density at radius 2 is 1.91 bits per heavy atom. The molecule has 8 heteroatoms. The van der Waals surface area contributed by atoms with Crippen LogP contribution in [0.5, 0.6) is 0 Å². The molecule has 0 bridgehead atoms. The molecule has 0 spiro atoms. The quantitative estimate of drug-likeness (QED) is 0.385. The number of rotatable bonds is 2. The molecule has 1 aliphatic heterocycles. The first kappa shape index (κ1) is 15.1. The number of halogens is 1. The van der Waals surface area contributed by atoms with Crippen LogP contribution in [-0.2, 0) is 4.79 Å². The number of hydroxylamine groups is 2. The molecule has 2 aromatic rings. The molecule has 1 amide bonds. The summed E-state index contributed by atoms with van der Waals surface area (Å²) in [5.74, 6) is -0.754. The van der Waals surface area contributed by atoms with E-state index in [4.69, 9.17) is 11.6 Å². The molecule has 0 fully saturated rings. The van der Waals surface area contributed by atoms with Crippen molar-refractivity contribution in [2.24, 2.45) is 4.99 Å². The first-order valence-electron chi connectivity index (χ1n) is 6.58. The normalized spacial score (nSPS) is 17.3. The van der Waals surface area contributed by atoms with Crippen LogP contribution in [-0.4, -0.2) is 26.6 Å². The van der Waals surface area contributed by atoms with E-state index in [-0.39, 0.29) is 22.0 Å². The van der Waals surface area contributed by atoms with Gasteiger partial charge in [-0.25, -0.2) is 10.1 Å². The maximum atomic E-state index is 11.9. The van der Waals surface area contributed by atoms with Gasteiger partial charge in [-0.3, -0.25) is 20.1 Å². The van der Waals surface area contributed by atoms with Gasteiger partial charge in [0.05, 0.1) is 16.0 Å². The molecular formula is C15H10ClN3O4. The maximum absolute atomic E-state index is 11.9. The van der Waals surface area contributed by atoms with E-state index >= 15 is 0 Å². The highest BCUT2D eigenvalue weighted by Gasteiger charge is 2.28. The van der Waals surface area contributed by atoms with Gasteiger partial charge >= 0.3 is 0 Å². The van der Waals surface area contributed by atoms with E-state index in [0.29, 0.717) is 10.6 Å². The molecule has 1 aliphatic rings. The van der Waals surface area contributed by atoms with Crippen molar-refractivity contribution >= 4 is 28.9 Å². The van der Waals surface area contributed by atoms with Crippen molar-refractivity contribution in [1.82, 2.24) is 5.06 Å². The van der Waals surface area contributed by atoms with Crippen LogP contribution in [0.1, 0.15) is 5.56 Å². The average molecular weight is 332 g/mol. The minimum absolute atomic E-state index is 0.179. The van der Waals surface area contributed by atoms with E-state index in [1.165, 1.54) is 18.2 Å². The minimum Gasteiger partial charge on any atom is -0.286 e. The number of benzene rings is 2. The first-order valence-corrected chi connectivity index (χ1v) is 7.01. The van der Waals surface area contributed by atoms with Gasteiger partial charge in [-0.05, 0) is 6.07 Å². The number of fused-ring (bicyclic) bond motifs is 1. The lowest BCUT2D eigenvalue weighted by Crippen LogP contribution is -2.35. The van der Waals surface area contributed by atoms with Crippen LogP contribution in [0.25, 0.3) is 5.70 Å². The molecule has 0 aromatic heterocycles. The Morgan fingerprint density at radius 3 is 2.57 bits per heavy atom. The van der Waals surface area contributed by atoms with Crippen molar-refractivity contribution in [3.63, 3.8) is 0 Å². The van der Waals surface area contributed by atoms with Gasteiger partial charge in [0.2, 0.25) is 5.50 Å². The lowest BCUT2D eigenvalue weighted by Gasteiger charge is -2.22. The smallest absolute Gasteiger partial charge is 0.286 e. The van der Waals surface area contributed by atoms with Gasteiger partial charge < -0.3 is 0 Å². The summed E-state index contributed by atoms with van der Waals surface area (Å²) in [5.41, 5.74) is -0.871. The van der Waals surface area contributed by atoms with Gasteiger partial charge in [0, 0.05) is 22.9 Å². The number of non-ortho nitro benzene ring substituents is 1. The Balaban J connectivity index is 2.45. The van der Waals surface area contributed by atoms with Crippen LogP contribution in [0, 0.1) is 10.1 Å². The number of alkyl halides is 1. The monoisotopic (exact) mass is 331 g/mol. The second-order valence-electron chi connectivity index (χ2n) is 4.80. The summed E-state index contributed by atoms with van der Waals surface area (Å²) in [5, 5.41) is 22.4. The van der Waals surface area contributed by atoms with Gasteiger partial charge in [0.15, 0.2) is 0 Å². The van der Waals surface area contributed by atoms with Crippen LogP contribution >= 0.6 is 11.6 Å². The van der Waals surface area contributed by atoms with E-state index in [2.05, 4.69) is 4.99 Å². The standard InChI is InChI=1S/C15H10ClN3O4/c16-14-15(20)17-12-7-6-10(19(22)23)8-11(12)13(18(14)21)9-4-2-1-3-5-9/h1-8,14,21H. The number of nitrogens with zero attached hydrogens (tertiary/aromatic N) is 3. The third-order valence-electron chi connectivity index (χ3n) is 3.37. The molecule has 1 heterocycles. The number of carbonyl (C=O) groups is 1. The molecule has 2 aromatic carbocycles. The van der Waals surface area contributed by atoms with Gasteiger partial charge in [0.25, 0.3) is 11.6 Å². The molecule has 0 aliphatic carbocycles. The first-order chi connectivity index (χ1) is 11.0. The fourth-order valence-corrected chi connectivity index (χ4v) is 2.47. The minimum atomic E-state index is -1.42. The van der Waals surface area contributed by atoms with Gasteiger partial charge in [-0.2, -0.15) is 0 Å². The van der Waals surface area contributed by atoms with Gasteiger partial charge in [0.1, 0.15) is 0 Å². The zero-order valence-electron chi connectivity index (χ0n) is 11.6. The van der Waals surface area contributed by atoms with Crippen molar-refractivity contribution in [2.45, 2.75) is 5.50 Å². The second kappa shape index (κ2) is 5.79. The summed E-state index contributed by atoms with van der Waals surface area (Å²) in [7, 11) is 0. The van der Waals surface area contributed by atoms with Crippen LogP contribution in [0.4, 0.5) is 5.69 Å². The molecule has 0 radical (unpaired) electrons. The van der Waals surface area contributed by atoms with Crippen molar-refractivity contribution in [2.75, 3.05) is 0 Å². The summed E-state index contributed by atoms with van der Waals surface area (Å²) >= 11 is 5.94. The molecular weight excluding hydrogens is 322 g/mol. The third-order valence-corrected chi connectivity index (χ3v) is 3.74. The van der Waals surface area contributed by atoms with E-state index < -0.39 is 16.3 Å². The Labute approximate surface area is 134 Å². The zero-order chi connectivity index (χ0) is 16.6. The maximum Gasteiger partial charge on any atom is 0.286 e. The van der Waals surface area contributed by atoms with Crippen LogP contribution in [0.2, 0.25) is 0 Å². The number of nitro groups is 1. The van der Waals surface area contributed by atoms with Crippen LogP contribution < -0.4 is 10.6 Å². The molecule has 23 heavy (non-hydrogen) atoms. The summed E-state index contributed by atoms with van der Waals surface area (Å²) in [6, 6.07) is 12.5. The predicted molar refractivity (Wildman–Crippen MR) is 81.1 cm³/mol. The average Bonchev–Trinajstić information content (AvgIpc) is 2.64. The predicted octanol–water partition coefficient (Wildman–Crippen LogP) is 1.17. The molecule has 3 rings (SSSR count). The number of hydrogen-bond acceptors (Lipinski definition) is 5. The Bertz CT molecular complexity index is 914. The van der Waals surface area contributed by atoms with Crippen LogP contribution in [0.3, 0.4) is 0 Å². The van der Waals surface area contributed by atoms with Gasteiger partial charge in [-0.15, -0.1) is 0 Å². The summed E-state index contributed by atoms with van der Waals surface area (Å²) in [4.78, 5) is 26.2. The third kappa shape index (κ3) is 2.67. The Morgan fingerprint density at radius 1 is 1.22 bits per heavy atom. The van der Waals surface area contributed by atoms with Crippen molar-refractivity contribution < 1.29 is 14.9 Å². The number of hydrogen-bond donors (Lipinski definition) is 1. The van der Waals surface area contributed by atoms with Crippen LogP contribution in [0.15, 0.2) is 53.5 Å². The largest absolute Gasteiger partial charge is 0.286 e. The van der Waals surface area contributed by atoms with Crippen molar-refractivity contribution in [1.29, 1.82) is 0 Å². The molecule has 7 nitrogen and oxygen atoms in total. The topological polar surface area (TPSA) is 96.0 Å². The zero-order valence-corrected chi connectivity index (χ0v) is 12.3. The fraction of sp³-hybridized carbons (Fsp3) is 0.0667. The van der Waals surface area contributed by atoms with Gasteiger partial charge in [-0.1, -0.05) is 41.9 Å². The molecule has 1 unspecified atom stereocenters. The summed E-state index contributed by atoms with van der Waals surface area (Å²) in [6.45, 7) is 0. The number of amides is 1. The highest BCUT2D eigenvalue weighted by atomic mass is 35.5. The summed E-state index contributed by atoms with van der Waals surface area (Å²) < 4.78 is 0. The lowest BCUT2D eigenvalue weighted by atomic mass is 10.1. The Kier molecular flexibility index (Phi) is 3.81. The van der Waals surface area contributed by atoms with Crippen molar-refractivity contribution in [3.05, 3.63) is 74.8 Å². The molecule has 0 saturated carbocycles.